The van der Waals surface area contributed by atoms with Crippen LogP contribution in [0.2, 0.25) is 5.02 Å². The third kappa shape index (κ3) is 5.55. The van der Waals surface area contributed by atoms with Gasteiger partial charge in [-0.25, -0.2) is 0 Å². The number of nitrogens with zero attached hydrogens (tertiary/aromatic N) is 3. The zero-order valence-electron chi connectivity index (χ0n) is 22.9. The fourth-order valence-corrected chi connectivity index (χ4v) is 5.86. The van der Waals surface area contributed by atoms with E-state index < -0.39 is 0 Å². The molecule has 1 amide bonds. The number of hydrogen-bond acceptors (Lipinski definition) is 4. The fourth-order valence-electron chi connectivity index (χ4n) is 5.36. The average Bonchev–Trinajstić information content (AvgIpc) is 3.43. The molecule has 40 heavy (non-hydrogen) atoms. The van der Waals surface area contributed by atoms with Crippen LogP contribution >= 0.6 is 23.8 Å². The van der Waals surface area contributed by atoms with E-state index in [1.165, 1.54) is 0 Å². The van der Waals surface area contributed by atoms with Crippen LogP contribution in [0.5, 0.6) is 5.75 Å². The molecular weight excluding hydrogens is 542 g/mol. The van der Waals surface area contributed by atoms with Crippen molar-refractivity contribution < 1.29 is 9.53 Å². The van der Waals surface area contributed by atoms with Gasteiger partial charge in [0.1, 0.15) is 5.75 Å². The minimum atomic E-state index is -0.191. The fraction of sp³-hybridized carbons (Fsp3) is 0.258. The van der Waals surface area contributed by atoms with Crippen molar-refractivity contribution in [3.63, 3.8) is 0 Å². The summed E-state index contributed by atoms with van der Waals surface area (Å²) in [6.07, 6.45) is 2.07. The van der Waals surface area contributed by atoms with Crippen LogP contribution in [0.25, 0.3) is 5.69 Å². The van der Waals surface area contributed by atoms with E-state index in [0.29, 0.717) is 16.7 Å². The Kier molecular flexibility index (Phi) is 8.09. The van der Waals surface area contributed by atoms with Gasteiger partial charge in [0, 0.05) is 41.3 Å². The van der Waals surface area contributed by atoms with Crippen molar-refractivity contribution in [1.82, 2.24) is 19.8 Å². The van der Waals surface area contributed by atoms with Crippen molar-refractivity contribution in [2.45, 2.75) is 39.3 Å². The van der Waals surface area contributed by atoms with Gasteiger partial charge in [-0.2, -0.15) is 0 Å². The smallest absolute Gasteiger partial charge is 0.226 e. The topological polar surface area (TPSA) is 71.4 Å². The molecule has 1 aliphatic heterocycles. The molecule has 0 spiro atoms. The normalized spacial score (nSPS) is 16.6. The second-order valence-corrected chi connectivity index (χ2v) is 10.8. The minimum absolute atomic E-state index is 0.0687. The number of carbonyl (C=O) groups is 1. The number of carbonyl (C=O) groups excluding carboxylic acids is 1. The van der Waals surface area contributed by atoms with Gasteiger partial charge in [0.15, 0.2) is 5.11 Å². The SMILES string of the molecule is COc1ccc(Cl)cc1-n1c(C)cc(C2C(c3ccccn3)NC(=S)N2CCC(=O)Nc2ccc(C)cc2)c1C. The maximum absolute atomic E-state index is 12.9. The molecule has 7 nitrogen and oxygen atoms in total. The van der Waals surface area contributed by atoms with E-state index in [0.717, 1.165) is 45.3 Å². The van der Waals surface area contributed by atoms with Crippen molar-refractivity contribution in [1.29, 1.82) is 0 Å². The standard InChI is InChI=1S/C31H32ClN5O2S/c1-19-8-11-23(12-9-19)34-28(38)14-16-36-30(29(35-31(36)40)25-7-5-6-15-33-25)24-17-20(2)37(21(24)3)26-18-22(32)10-13-27(26)39-4/h5-13,15,17-18,29-30H,14,16H2,1-4H3,(H,34,38)(H,35,40). The number of benzene rings is 2. The molecule has 2 aromatic heterocycles. The molecule has 0 radical (unpaired) electrons. The van der Waals surface area contributed by atoms with E-state index in [1.54, 1.807) is 13.3 Å². The predicted octanol–water partition coefficient (Wildman–Crippen LogP) is 6.46. The van der Waals surface area contributed by atoms with Gasteiger partial charge in [-0.15, -0.1) is 0 Å². The molecule has 1 saturated heterocycles. The summed E-state index contributed by atoms with van der Waals surface area (Å²) in [7, 11) is 1.65. The number of ether oxygens (including phenoxy) is 1. The van der Waals surface area contributed by atoms with Gasteiger partial charge in [0.05, 0.1) is 30.6 Å². The van der Waals surface area contributed by atoms with Crippen LogP contribution in [0, 0.1) is 20.8 Å². The molecule has 3 heterocycles. The molecule has 2 unspecified atom stereocenters. The van der Waals surface area contributed by atoms with Gasteiger partial charge < -0.3 is 24.8 Å². The monoisotopic (exact) mass is 573 g/mol. The van der Waals surface area contributed by atoms with Crippen LogP contribution in [0.3, 0.4) is 0 Å². The second-order valence-electron chi connectivity index (χ2n) is 9.96. The number of amides is 1. The number of aryl methyl sites for hydroxylation is 2. The number of hydrogen-bond donors (Lipinski definition) is 2. The highest BCUT2D eigenvalue weighted by molar-refractivity contribution is 7.80. The molecule has 5 rings (SSSR count). The molecule has 2 atom stereocenters. The Morgan fingerprint density at radius 3 is 2.58 bits per heavy atom. The van der Waals surface area contributed by atoms with Gasteiger partial charge in [-0.3, -0.25) is 9.78 Å². The lowest BCUT2D eigenvalue weighted by atomic mass is 9.96. The summed E-state index contributed by atoms with van der Waals surface area (Å²) >= 11 is 12.2. The minimum Gasteiger partial charge on any atom is -0.495 e. The van der Waals surface area contributed by atoms with Crippen LogP contribution < -0.4 is 15.4 Å². The first-order valence-electron chi connectivity index (χ1n) is 13.1. The largest absolute Gasteiger partial charge is 0.495 e. The summed E-state index contributed by atoms with van der Waals surface area (Å²) < 4.78 is 7.82. The van der Waals surface area contributed by atoms with Crippen molar-refractivity contribution in [3.05, 3.63) is 106 Å². The van der Waals surface area contributed by atoms with Crippen LogP contribution in [0.15, 0.2) is 72.9 Å². The van der Waals surface area contributed by atoms with Crippen LogP contribution in [0.4, 0.5) is 5.69 Å². The molecule has 2 N–H and O–H groups in total. The highest BCUT2D eigenvalue weighted by atomic mass is 35.5. The maximum atomic E-state index is 12.9. The van der Waals surface area contributed by atoms with Crippen LogP contribution in [0.1, 0.15) is 46.7 Å². The molecule has 9 heteroatoms. The second kappa shape index (κ2) is 11.7. The lowest BCUT2D eigenvalue weighted by Gasteiger charge is -2.28. The van der Waals surface area contributed by atoms with E-state index in [2.05, 4.69) is 45.0 Å². The third-order valence-corrected chi connectivity index (χ3v) is 7.87. The first-order valence-corrected chi connectivity index (χ1v) is 13.9. The number of nitrogens with one attached hydrogen (secondary N) is 2. The number of anilines is 1. The van der Waals surface area contributed by atoms with Crippen LogP contribution in [-0.2, 0) is 4.79 Å². The summed E-state index contributed by atoms with van der Waals surface area (Å²) in [5.74, 6) is 0.657. The Bertz CT molecular complexity index is 1540. The molecule has 206 valence electrons. The zero-order chi connectivity index (χ0) is 28.4. The Balaban J connectivity index is 1.49. The Morgan fingerprint density at radius 1 is 1.10 bits per heavy atom. The van der Waals surface area contributed by atoms with E-state index in [4.69, 9.17) is 28.6 Å². The molecule has 1 fully saturated rings. The quantitative estimate of drug-likeness (QED) is 0.236. The Labute approximate surface area is 245 Å². The van der Waals surface area contributed by atoms with E-state index in [9.17, 15) is 4.79 Å². The van der Waals surface area contributed by atoms with Crippen molar-refractivity contribution >= 4 is 40.5 Å². The predicted molar refractivity (Wildman–Crippen MR) is 163 cm³/mol. The summed E-state index contributed by atoms with van der Waals surface area (Å²) in [5, 5.41) is 7.70. The first kappa shape index (κ1) is 27.7. The van der Waals surface area contributed by atoms with Crippen molar-refractivity contribution in [3.8, 4) is 11.4 Å². The number of halogens is 1. The molecule has 2 aromatic carbocycles. The average molecular weight is 574 g/mol. The number of aromatic nitrogens is 2. The molecule has 0 bridgehead atoms. The number of rotatable bonds is 8. The Morgan fingerprint density at radius 2 is 1.88 bits per heavy atom. The highest BCUT2D eigenvalue weighted by Crippen LogP contribution is 2.42. The van der Waals surface area contributed by atoms with E-state index in [-0.39, 0.29) is 24.4 Å². The zero-order valence-corrected chi connectivity index (χ0v) is 24.5. The van der Waals surface area contributed by atoms with E-state index in [1.807, 2.05) is 67.6 Å². The molecule has 0 saturated carbocycles. The summed E-state index contributed by atoms with van der Waals surface area (Å²) in [4.78, 5) is 19.7. The van der Waals surface area contributed by atoms with Gasteiger partial charge in [0.2, 0.25) is 5.91 Å². The van der Waals surface area contributed by atoms with Crippen molar-refractivity contribution in [2.24, 2.45) is 0 Å². The summed E-state index contributed by atoms with van der Waals surface area (Å²) in [5.41, 5.74) is 6.81. The molecular formula is C31H32ClN5O2S. The van der Waals surface area contributed by atoms with Gasteiger partial charge in [-0.05, 0) is 87.1 Å². The maximum Gasteiger partial charge on any atom is 0.226 e. The third-order valence-electron chi connectivity index (χ3n) is 7.28. The molecule has 4 aromatic rings. The van der Waals surface area contributed by atoms with Crippen LogP contribution in [-0.4, -0.2) is 39.1 Å². The van der Waals surface area contributed by atoms with Gasteiger partial charge >= 0.3 is 0 Å². The number of pyridine rings is 1. The Hall–Kier alpha value is -3.88. The van der Waals surface area contributed by atoms with Gasteiger partial charge in [-0.1, -0.05) is 35.4 Å². The molecule has 0 aliphatic carbocycles. The number of methoxy groups -OCH3 is 1. The van der Waals surface area contributed by atoms with Gasteiger partial charge in [0.25, 0.3) is 0 Å². The summed E-state index contributed by atoms with van der Waals surface area (Å²) in [6, 6.07) is 21.1. The van der Waals surface area contributed by atoms with Crippen molar-refractivity contribution in [2.75, 3.05) is 19.0 Å². The van der Waals surface area contributed by atoms with E-state index >= 15 is 0 Å². The lowest BCUT2D eigenvalue weighted by Crippen LogP contribution is -2.32. The number of thiocarbonyl (C=S) groups is 1. The lowest BCUT2D eigenvalue weighted by molar-refractivity contribution is -0.116. The summed E-state index contributed by atoms with van der Waals surface area (Å²) in [6.45, 7) is 6.61. The molecule has 1 aliphatic rings. The first-order chi connectivity index (χ1) is 19.3. The highest BCUT2D eigenvalue weighted by Gasteiger charge is 2.41.